The number of para-hydroxylation sites is 1. The zero-order chi connectivity index (χ0) is 14.5. The molecule has 0 aliphatic carbocycles. The Morgan fingerprint density at radius 1 is 1.20 bits per heavy atom. The molecule has 0 saturated carbocycles. The normalized spacial score (nSPS) is 10.1. The number of aromatic nitrogens is 1. The summed E-state index contributed by atoms with van der Waals surface area (Å²) < 4.78 is 4.85. The minimum atomic E-state index is -0.535. The molecular weight excluding hydrogens is 258 g/mol. The number of nitrogens with zero attached hydrogens (tertiary/aromatic N) is 1. The minimum absolute atomic E-state index is 0.112. The molecule has 0 atom stereocenters. The van der Waals surface area contributed by atoms with Crippen molar-refractivity contribution in [2.45, 2.75) is 6.92 Å². The van der Waals surface area contributed by atoms with Crippen molar-refractivity contribution in [3.8, 4) is 5.75 Å². The molecule has 1 N–H and O–H groups in total. The van der Waals surface area contributed by atoms with Gasteiger partial charge in [0.2, 0.25) is 0 Å². The number of benzene rings is 1. The van der Waals surface area contributed by atoms with E-state index in [4.69, 9.17) is 4.74 Å². The molecule has 2 aromatic rings. The van der Waals surface area contributed by atoms with Crippen LogP contribution in [0.2, 0.25) is 0 Å². The number of ether oxygens (including phenoxy) is 1. The lowest BCUT2D eigenvalue weighted by Gasteiger charge is -2.05. The van der Waals surface area contributed by atoms with Crippen molar-refractivity contribution >= 4 is 11.8 Å². The highest BCUT2D eigenvalue weighted by molar-refractivity contribution is 6.11. The number of carbonyl (C=O) groups excluding carboxylic acids is 2. The molecule has 0 amide bonds. The third-order valence-electron chi connectivity index (χ3n) is 2.66. The number of aromatic hydroxyl groups is 1. The zero-order valence-corrected chi connectivity index (χ0v) is 10.9. The summed E-state index contributed by atoms with van der Waals surface area (Å²) in [4.78, 5) is 27.7. The van der Waals surface area contributed by atoms with Crippen molar-refractivity contribution in [1.29, 1.82) is 0 Å². The molecule has 0 aliphatic rings. The highest BCUT2D eigenvalue weighted by atomic mass is 16.5. The molecule has 5 nitrogen and oxygen atoms in total. The fourth-order valence-electron chi connectivity index (χ4n) is 1.71. The maximum Gasteiger partial charge on any atom is 0.339 e. The Bertz CT molecular complexity index is 652. The Morgan fingerprint density at radius 3 is 2.60 bits per heavy atom. The molecule has 5 heteroatoms. The molecular formula is C15H13NO4. The second-order valence-corrected chi connectivity index (χ2v) is 4.03. The monoisotopic (exact) mass is 271 g/mol. The van der Waals surface area contributed by atoms with E-state index in [0.29, 0.717) is 0 Å². The van der Waals surface area contributed by atoms with Crippen molar-refractivity contribution in [2.24, 2.45) is 0 Å². The number of rotatable bonds is 4. The van der Waals surface area contributed by atoms with E-state index in [2.05, 4.69) is 4.98 Å². The minimum Gasteiger partial charge on any atom is -0.507 e. The lowest BCUT2D eigenvalue weighted by molar-refractivity contribution is 0.0526. The summed E-state index contributed by atoms with van der Waals surface area (Å²) in [5.41, 5.74) is 0.584. The van der Waals surface area contributed by atoms with Crippen molar-refractivity contribution < 1.29 is 19.4 Å². The quantitative estimate of drug-likeness (QED) is 0.681. The van der Waals surface area contributed by atoms with E-state index in [1.807, 2.05) is 0 Å². The molecule has 0 spiro atoms. The van der Waals surface area contributed by atoms with Crippen LogP contribution in [-0.2, 0) is 4.74 Å². The van der Waals surface area contributed by atoms with Crippen LogP contribution in [0.4, 0.5) is 0 Å². The van der Waals surface area contributed by atoms with E-state index in [1.165, 1.54) is 30.6 Å². The summed E-state index contributed by atoms with van der Waals surface area (Å²) in [6.45, 7) is 1.94. The molecule has 1 aromatic heterocycles. The topological polar surface area (TPSA) is 76.5 Å². The van der Waals surface area contributed by atoms with Gasteiger partial charge in [-0.05, 0) is 25.1 Å². The van der Waals surface area contributed by atoms with E-state index in [0.717, 1.165) is 0 Å². The predicted octanol–water partition coefficient (Wildman–Crippen LogP) is 2.19. The van der Waals surface area contributed by atoms with Crippen molar-refractivity contribution in [2.75, 3.05) is 6.61 Å². The Morgan fingerprint density at radius 2 is 1.90 bits per heavy atom. The molecule has 2 rings (SSSR count). The molecule has 1 heterocycles. The Hall–Kier alpha value is -2.69. The van der Waals surface area contributed by atoms with Crippen LogP contribution in [0.5, 0.6) is 5.75 Å². The van der Waals surface area contributed by atoms with Gasteiger partial charge in [-0.3, -0.25) is 9.78 Å². The van der Waals surface area contributed by atoms with Gasteiger partial charge in [-0.1, -0.05) is 12.1 Å². The van der Waals surface area contributed by atoms with E-state index < -0.39 is 11.8 Å². The van der Waals surface area contributed by atoms with Gasteiger partial charge < -0.3 is 9.84 Å². The molecule has 0 radical (unpaired) electrons. The van der Waals surface area contributed by atoms with E-state index in [9.17, 15) is 14.7 Å². The molecule has 102 valence electrons. The van der Waals surface area contributed by atoms with Crippen LogP contribution < -0.4 is 0 Å². The Balaban J connectivity index is 2.34. The summed E-state index contributed by atoms with van der Waals surface area (Å²) in [6.07, 6.45) is 2.68. The predicted molar refractivity (Wildman–Crippen MR) is 71.7 cm³/mol. The second-order valence-electron chi connectivity index (χ2n) is 4.03. The first-order valence-corrected chi connectivity index (χ1v) is 6.08. The lowest BCUT2D eigenvalue weighted by Crippen LogP contribution is -2.08. The standard InChI is InChI=1S/C15H13NO4/c1-2-20-15(19)11-7-10(8-16-9-11)14(18)12-5-3-4-6-13(12)17/h3-9,17H,2H2,1H3. The molecule has 0 saturated heterocycles. The highest BCUT2D eigenvalue weighted by Gasteiger charge is 2.16. The van der Waals surface area contributed by atoms with Crippen molar-refractivity contribution in [3.63, 3.8) is 0 Å². The largest absolute Gasteiger partial charge is 0.507 e. The smallest absolute Gasteiger partial charge is 0.339 e. The van der Waals surface area contributed by atoms with Gasteiger partial charge in [0.25, 0.3) is 0 Å². The van der Waals surface area contributed by atoms with Crippen LogP contribution in [-0.4, -0.2) is 28.4 Å². The average Bonchev–Trinajstić information content (AvgIpc) is 2.47. The molecule has 1 aromatic carbocycles. The first kappa shape index (κ1) is 13.7. The first-order valence-electron chi connectivity index (χ1n) is 6.08. The first-order chi connectivity index (χ1) is 9.63. The molecule has 0 bridgehead atoms. The van der Waals surface area contributed by atoms with Gasteiger partial charge in [0, 0.05) is 18.0 Å². The summed E-state index contributed by atoms with van der Waals surface area (Å²) in [6, 6.07) is 7.61. The SMILES string of the molecule is CCOC(=O)c1cncc(C(=O)c2ccccc2O)c1. The number of ketones is 1. The van der Waals surface area contributed by atoms with Crippen LogP contribution in [0.1, 0.15) is 33.2 Å². The van der Waals surface area contributed by atoms with Gasteiger partial charge in [0.15, 0.2) is 5.78 Å². The number of esters is 1. The zero-order valence-electron chi connectivity index (χ0n) is 10.9. The molecule has 0 fully saturated rings. The van der Waals surface area contributed by atoms with Gasteiger partial charge in [-0.2, -0.15) is 0 Å². The maximum atomic E-state index is 12.2. The second kappa shape index (κ2) is 5.97. The van der Waals surface area contributed by atoms with Crippen molar-refractivity contribution in [1.82, 2.24) is 4.98 Å². The number of hydrogen-bond acceptors (Lipinski definition) is 5. The number of pyridine rings is 1. The van der Waals surface area contributed by atoms with Gasteiger partial charge in [-0.15, -0.1) is 0 Å². The maximum absolute atomic E-state index is 12.2. The fraction of sp³-hybridized carbons (Fsp3) is 0.133. The molecule has 0 aliphatic heterocycles. The molecule has 0 unspecified atom stereocenters. The van der Waals surface area contributed by atoms with Gasteiger partial charge in [-0.25, -0.2) is 4.79 Å². The van der Waals surface area contributed by atoms with Crippen LogP contribution in [0.3, 0.4) is 0 Å². The van der Waals surface area contributed by atoms with Crippen LogP contribution >= 0.6 is 0 Å². The number of phenolic OH excluding ortho intramolecular Hbond substituents is 1. The Kier molecular flexibility index (Phi) is 4.10. The molecule has 20 heavy (non-hydrogen) atoms. The number of phenols is 1. The summed E-state index contributed by atoms with van der Waals surface area (Å²) in [5, 5.41) is 9.67. The summed E-state index contributed by atoms with van der Waals surface area (Å²) >= 11 is 0. The van der Waals surface area contributed by atoms with E-state index in [1.54, 1.807) is 19.1 Å². The van der Waals surface area contributed by atoms with Crippen LogP contribution in [0, 0.1) is 0 Å². The van der Waals surface area contributed by atoms with Gasteiger partial charge >= 0.3 is 5.97 Å². The van der Waals surface area contributed by atoms with Crippen LogP contribution in [0.25, 0.3) is 0 Å². The lowest BCUT2D eigenvalue weighted by atomic mass is 10.0. The Labute approximate surface area is 115 Å². The third kappa shape index (κ3) is 2.83. The van der Waals surface area contributed by atoms with E-state index in [-0.39, 0.29) is 29.0 Å². The van der Waals surface area contributed by atoms with Gasteiger partial charge in [0.05, 0.1) is 17.7 Å². The van der Waals surface area contributed by atoms with Gasteiger partial charge in [0.1, 0.15) is 5.75 Å². The number of carbonyl (C=O) groups is 2. The summed E-state index contributed by atoms with van der Waals surface area (Å²) in [7, 11) is 0. The average molecular weight is 271 g/mol. The summed E-state index contributed by atoms with van der Waals surface area (Å²) in [5.74, 6) is -1.05. The van der Waals surface area contributed by atoms with Crippen molar-refractivity contribution in [3.05, 3.63) is 59.4 Å². The fourth-order valence-corrected chi connectivity index (χ4v) is 1.71. The van der Waals surface area contributed by atoms with Crippen LogP contribution in [0.15, 0.2) is 42.7 Å². The highest BCUT2D eigenvalue weighted by Crippen LogP contribution is 2.20. The third-order valence-corrected chi connectivity index (χ3v) is 2.66. The van der Waals surface area contributed by atoms with E-state index >= 15 is 0 Å². The number of hydrogen-bond donors (Lipinski definition) is 1.